The maximum absolute atomic E-state index is 15.7. The Balaban J connectivity index is 1.55. The standard InChI is InChI=1S/C23H28ClFN5O7P/c1-13(2)35-21(32)14(3)29-38(33,37-16-8-6-5-7-9-16)34-12-17-18(31)23(24,25)22(36-17)30-15(4)28-19-20(30)27-11-10-26-19/h5-11,13-14,17-18,22,31H,12H2,1-4H3,(H,29,33)/t14-,17-,18-,22-,23-,38-/m1/s1. The Morgan fingerprint density at radius 3 is 2.66 bits per heavy atom. The normalized spacial score (nSPS) is 25.8. The molecule has 0 unspecified atom stereocenters. The Kier molecular flexibility index (Phi) is 8.36. The van der Waals surface area contributed by atoms with Crippen LogP contribution in [-0.2, 0) is 23.4 Å². The van der Waals surface area contributed by atoms with E-state index in [0.29, 0.717) is 5.82 Å². The summed E-state index contributed by atoms with van der Waals surface area (Å²) in [6.07, 6.45) is -2.43. The van der Waals surface area contributed by atoms with Gasteiger partial charge < -0.3 is 19.1 Å². The van der Waals surface area contributed by atoms with Gasteiger partial charge in [-0.15, -0.1) is 0 Å². The summed E-state index contributed by atoms with van der Waals surface area (Å²) < 4.78 is 52.6. The molecule has 12 nitrogen and oxygen atoms in total. The van der Waals surface area contributed by atoms with Crippen LogP contribution < -0.4 is 9.61 Å². The summed E-state index contributed by atoms with van der Waals surface area (Å²) in [4.78, 5) is 24.8. The van der Waals surface area contributed by atoms with Gasteiger partial charge in [0.2, 0.25) is 0 Å². The summed E-state index contributed by atoms with van der Waals surface area (Å²) in [6, 6.07) is 6.99. The van der Waals surface area contributed by atoms with E-state index in [1.54, 1.807) is 39.0 Å². The second-order valence-corrected chi connectivity index (χ2v) is 11.2. The molecular formula is C23H28ClFN5O7P. The van der Waals surface area contributed by atoms with Gasteiger partial charge in [0.15, 0.2) is 17.5 Å². The van der Waals surface area contributed by atoms with E-state index in [4.69, 9.17) is 30.1 Å². The Morgan fingerprint density at radius 2 is 1.97 bits per heavy atom. The first-order valence-electron chi connectivity index (χ1n) is 11.8. The number of hydrogen-bond acceptors (Lipinski definition) is 10. The van der Waals surface area contributed by atoms with Crippen molar-refractivity contribution in [3.63, 3.8) is 0 Å². The molecule has 0 bridgehead atoms. The second kappa shape index (κ2) is 11.2. The minimum Gasteiger partial charge on any atom is -0.462 e. The molecule has 0 spiro atoms. The minimum atomic E-state index is -4.29. The lowest BCUT2D eigenvalue weighted by molar-refractivity contribution is -0.149. The highest BCUT2D eigenvalue weighted by molar-refractivity contribution is 7.52. The third-order valence-corrected chi connectivity index (χ3v) is 7.61. The number of aliphatic hydroxyl groups excluding tert-OH is 1. The number of nitrogens with one attached hydrogen (secondary N) is 1. The molecule has 3 heterocycles. The fourth-order valence-corrected chi connectivity index (χ4v) is 5.60. The fraction of sp³-hybridized carbons (Fsp3) is 0.478. The van der Waals surface area contributed by atoms with Crippen molar-refractivity contribution in [1.82, 2.24) is 24.6 Å². The molecule has 2 aromatic heterocycles. The molecular weight excluding hydrogens is 544 g/mol. The number of benzene rings is 1. The largest absolute Gasteiger partial charge is 0.462 e. The average molecular weight is 572 g/mol. The number of para-hydroxylation sites is 1. The molecule has 15 heteroatoms. The van der Waals surface area contributed by atoms with Gasteiger partial charge in [0, 0.05) is 12.4 Å². The second-order valence-electron chi connectivity index (χ2n) is 8.91. The van der Waals surface area contributed by atoms with Gasteiger partial charge in [-0.3, -0.25) is 13.9 Å². The molecule has 0 aliphatic carbocycles. The summed E-state index contributed by atoms with van der Waals surface area (Å²) >= 11 is 6.13. The molecule has 3 aromatic rings. The zero-order chi connectivity index (χ0) is 27.7. The van der Waals surface area contributed by atoms with E-state index in [-0.39, 0.29) is 17.0 Å². The van der Waals surface area contributed by atoms with Crippen LogP contribution in [0.1, 0.15) is 32.8 Å². The van der Waals surface area contributed by atoms with E-state index in [2.05, 4.69) is 20.0 Å². The Hall–Kier alpha value is -2.67. The van der Waals surface area contributed by atoms with Crippen molar-refractivity contribution in [2.45, 2.75) is 63.4 Å². The molecule has 1 saturated heterocycles. The van der Waals surface area contributed by atoms with E-state index in [0.717, 1.165) is 0 Å². The van der Waals surface area contributed by atoms with Crippen LogP contribution in [0.25, 0.3) is 11.3 Å². The van der Waals surface area contributed by atoms with Crippen LogP contribution >= 0.6 is 19.3 Å². The van der Waals surface area contributed by atoms with Crippen LogP contribution in [0.4, 0.5) is 4.39 Å². The number of imidazole rings is 1. The van der Waals surface area contributed by atoms with Gasteiger partial charge in [-0.05, 0) is 39.8 Å². The lowest BCUT2D eigenvalue weighted by Crippen LogP contribution is -2.40. The Morgan fingerprint density at radius 1 is 1.29 bits per heavy atom. The number of halogens is 2. The first kappa shape index (κ1) is 28.3. The van der Waals surface area contributed by atoms with Crippen LogP contribution in [-0.4, -0.2) is 66.7 Å². The topological polar surface area (TPSA) is 147 Å². The highest BCUT2D eigenvalue weighted by atomic mass is 35.5. The van der Waals surface area contributed by atoms with Crippen molar-refractivity contribution in [2.75, 3.05) is 6.61 Å². The SMILES string of the molecule is Cc1nc2nccnc2n1[C@@H]1O[C@H](CO[P@](=O)(N[C@H](C)C(=O)OC(C)C)Oc2ccccc2)[C@@H](O)[C@]1(F)Cl. The van der Waals surface area contributed by atoms with E-state index >= 15 is 4.39 Å². The van der Waals surface area contributed by atoms with Gasteiger partial charge in [-0.1, -0.05) is 29.8 Å². The Labute approximate surface area is 223 Å². The number of carbonyl (C=O) groups is 1. The summed E-state index contributed by atoms with van der Waals surface area (Å²) in [5, 5.41) is 10.4. The van der Waals surface area contributed by atoms with Crippen LogP contribution in [0.5, 0.6) is 5.75 Å². The summed E-state index contributed by atoms with van der Waals surface area (Å²) in [5.41, 5.74) is 0.436. The first-order chi connectivity index (χ1) is 17.9. The Bertz CT molecular complexity index is 1330. The highest BCUT2D eigenvalue weighted by Gasteiger charge is 2.58. The van der Waals surface area contributed by atoms with Crippen LogP contribution in [0.15, 0.2) is 42.7 Å². The van der Waals surface area contributed by atoms with E-state index in [1.807, 2.05) is 0 Å². The van der Waals surface area contributed by atoms with E-state index < -0.39 is 56.0 Å². The van der Waals surface area contributed by atoms with Crippen LogP contribution in [0.2, 0.25) is 0 Å². The molecule has 1 aliphatic rings. The minimum absolute atomic E-state index is 0.176. The van der Waals surface area contributed by atoms with Gasteiger partial charge >= 0.3 is 13.7 Å². The number of carbonyl (C=O) groups excluding carboxylic acids is 1. The average Bonchev–Trinajstić information content (AvgIpc) is 3.29. The molecule has 0 amide bonds. The third kappa shape index (κ3) is 5.98. The zero-order valence-corrected chi connectivity index (χ0v) is 22.7. The molecule has 1 aromatic carbocycles. The molecule has 206 valence electrons. The molecule has 6 atom stereocenters. The lowest BCUT2D eigenvalue weighted by Gasteiger charge is -2.25. The first-order valence-corrected chi connectivity index (χ1v) is 13.7. The predicted molar refractivity (Wildman–Crippen MR) is 134 cm³/mol. The van der Waals surface area contributed by atoms with Gasteiger partial charge in [0.1, 0.15) is 29.8 Å². The van der Waals surface area contributed by atoms with Crippen molar-refractivity contribution in [2.24, 2.45) is 0 Å². The number of aromatic nitrogens is 4. The van der Waals surface area contributed by atoms with Crippen molar-refractivity contribution in [3.05, 3.63) is 48.5 Å². The summed E-state index contributed by atoms with van der Waals surface area (Å²) in [5.74, 6) is -0.218. The van der Waals surface area contributed by atoms with E-state index in [1.165, 1.54) is 36.0 Å². The van der Waals surface area contributed by atoms with Crippen LogP contribution in [0.3, 0.4) is 0 Å². The quantitative estimate of drug-likeness (QED) is 0.209. The predicted octanol–water partition coefficient (Wildman–Crippen LogP) is 3.43. The number of alkyl halides is 2. The van der Waals surface area contributed by atoms with Crippen molar-refractivity contribution in [3.8, 4) is 5.75 Å². The summed E-state index contributed by atoms with van der Waals surface area (Å²) in [6.45, 7) is 5.73. The fourth-order valence-electron chi connectivity index (χ4n) is 3.81. The summed E-state index contributed by atoms with van der Waals surface area (Å²) in [7, 11) is -4.29. The number of hydrogen-bond donors (Lipinski definition) is 2. The zero-order valence-electron chi connectivity index (χ0n) is 21.0. The third-order valence-electron chi connectivity index (χ3n) is 5.55. The molecule has 4 rings (SSSR count). The van der Waals surface area contributed by atoms with Crippen LogP contribution in [0, 0.1) is 6.92 Å². The number of esters is 1. The highest BCUT2D eigenvalue weighted by Crippen LogP contribution is 2.49. The van der Waals surface area contributed by atoms with Gasteiger partial charge in [-0.25, -0.2) is 23.9 Å². The van der Waals surface area contributed by atoms with Crippen molar-refractivity contribution >= 4 is 36.6 Å². The molecule has 1 fully saturated rings. The smallest absolute Gasteiger partial charge is 0.459 e. The molecule has 2 N–H and O–H groups in total. The van der Waals surface area contributed by atoms with Gasteiger partial charge in [0.05, 0.1) is 12.7 Å². The van der Waals surface area contributed by atoms with Crippen molar-refractivity contribution in [1.29, 1.82) is 0 Å². The molecule has 1 aliphatic heterocycles. The number of fused-ring (bicyclic) bond motifs is 1. The molecule has 38 heavy (non-hydrogen) atoms. The van der Waals surface area contributed by atoms with Gasteiger partial charge in [0.25, 0.3) is 5.13 Å². The number of rotatable bonds is 10. The molecule has 0 radical (unpaired) electrons. The van der Waals surface area contributed by atoms with E-state index in [9.17, 15) is 14.5 Å². The van der Waals surface area contributed by atoms with Crippen molar-refractivity contribution < 1.29 is 37.4 Å². The number of ether oxygens (including phenoxy) is 2. The monoisotopic (exact) mass is 571 g/mol. The number of aryl methyl sites for hydroxylation is 1. The number of aliphatic hydroxyl groups is 1. The molecule has 0 saturated carbocycles. The maximum Gasteiger partial charge on any atom is 0.459 e. The number of nitrogens with zero attached hydrogens (tertiary/aromatic N) is 4. The van der Waals surface area contributed by atoms with Gasteiger partial charge in [-0.2, -0.15) is 5.09 Å². The lowest BCUT2D eigenvalue weighted by atomic mass is 10.1. The maximum atomic E-state index is 15.7.